The highest BCUT2D eigenvalue weighted by Crippen LogP contribution is 2.07. The summed E-state index contributed by atoms with van der Waals surface area (Å²) in [7, 11) is 0. The fraction of sp³-hybridized carbons (Fsp3) is 0.429. The predicted octanol–water partition coefficient (Wildman–Crippen LogP) is 0.924. The van der Waals surface area contributed by atoms with Crippen molar-refractivity contribution in [1.82, 2.24) is 9.97 Å². The topological polar surface area (TPSA) is 57.8 Å². The number of rotatable bonds is 3. The molecule has 4 nitrogen and oxygen atoms in total. The largest absolute Gasteiger partial charge is 0.370 e. The van der Waals surface area contributed by atoms with E-state index >= 15 is 0 Å². The van der Waals surface area contributed by atoms with Crippen molar-refractivity contribution in [2.24, 2.45) is 0 Å². The Balaban J connectivity index is 2.98. The summed E-state index contributed by atoms with van der Waals surface area (Å²) in [6.07, 6.45) is 1.87. The standard InChI is InChI=1S/C7H11N3OS/c1-3-8-5-4-6(11)10-7(9-5)12-2/h4H,3H2,1-2H3,(H2,8,9,10,11). The predicted molar refractivity (Wildman–Crippen MR) is 50.8 cm³/mol. The molecule has 0 saturated carbocycles. The average molecular weight is 185 g/mol. The molecule has 0 amide bonds. The van der Waals surface area contributed by atoms with Crippen LogP contribution in [0.1, 0.15) is 6.92 Å². The van der Waals surface area contributed by atoms with Crippen LogP contribution in [0.2, 0.25) is 0 Å². The molecule has 66 valence electrons. The van der Waals surface area contributed by atoms with E-state index in [2.05, 4.69) is 15.3 Å². The van der Waals surface area contributed by atoms with Crippen molar-refractivity contribution < 1.29 is 0 Å². The number of hydrogen-bond donors (Lipinski definition) is 2. The van der Waals surface area contributed by atoms with E-state index in [1.54, 1.807) is 0 Å². The fourth-order valence-corrected chi connectivity index (χ4v) is 1.20. The number of aromatic nitrogens is 2. The number of nitrogens with one attached hydrogen (secondary N) is 2. The van der Waals surface area contributed by atoms with Gasteiger partial charge in [-0.05, 0) is 13.2 Å². The lowest BCUT2D eigenvalue weighted by molar-refractivity contribution is 0.934. The van der Waals surface area contributed by atoms with Crippen molar-refractivity contribution in [3.8, 4) is 0 Å². The molecule has 0 saturated heterocycles. The van der Waals surface area contributed by atoms with E-state index in [1.807, 2.05) is 13.2 Å². The first-order valence-electron chi connectivity index (χ1n) is 3.65. The molecule has 0 radical (unpaired) electrons. The van der Waals surface area contributed by atoms with Gasteiger partial charge < -0.3 is 10.3 Å². The summed E-state index contributed by atoms with van der Waals surface area (Å²) in [5, 5.41) is 3.62. The van der Waals surface area contributed by atoms with Gasteiger partial charge in [-0.15, -0.1) is 0 Å². The van der Waals surface area contributed by atoms with E-state index in [0.29, 0.717) is 11.0 Å². The van der Waals surface area contributed by atoms with Crippen LogP contribution in [0.15, 0.2) is 16.0 Å². The van der Waals surface area contributed by atoms with E-state index in [1.165, 1.54) is 17.8 Å². The SMILES string of the molecule is CCNc1cc(=O)[nH]c(SC)n1. The molecule has 0 aliphatic rings. The molecule has 0 atom stereocenters. The maximum atomic E-state index is 11.0. The zero-order chi connectivity index (χ0) is 8.97. The third kappa shape index (κ3) is 2.27. The van der Waals surface area contributed by atoms with Crippen molar-refractivity contribution in [1.29, 1.82) is 0 Å². The molecule has 0 unspecified atom stereocenters. The third-order valence-corrected chi connectivity index (χ3v) is 1.85. The van der Waals surface area contributed by atoms with Crippen LogP contribution in [0, 0.1) is 0 Å². The maximum Gasteiger partial charge on any atom is 0.253 e. The van der Waals surface area contributed by atoms with Crippen LogP contribution in [-0.2, 0) is 0 Å². The first kappa shape index (κ1) is 9.12. The molecule has 1 aromatic heterocycles. The molecule has 12 heavy (non-hydrogen) atoms. The Morgan fingerprint density at radius 3 is 3.08 bits per heavy atom. The molecule has 0 spiro atoms. The molecule has 0 bridgehead atoms. The Bertz CT molecular complexity index is 310. The van der Waals surface area contributed by atoms with Crippen LogP contribution >= 0.6 is 11.8 Å². The van der Waals surface area contributed by atoms with Crippen LogP contribution in [0.5, 0.6) is 0 Å². The number of aromatic amines is 1. The number of anilines is 1. The minimum absolute atomic E-state index is 0.120. The van der Waals surface area contributed by atoms with E-state index in [4.69, 9.17) is 0 Å². The molecular weight excluding hydrogens is 174 g/mol. The molecule has 0 aromatic carbocycles. The number of H-pyrrole nitrogens is 1. The number of thioether (sulfide) groups is 1. The van der Waals surface area contributed by atoms with Crippen LogP contribution in [0.25, 0.3) is 0 Å². The summed E-state index contributed by atoms with van der Waals surface area (Å²) in [6.45, 7) is 2.73. The van der Waals surface area contributed by atoms with Gasteiger partial charge in [-0.3, -0.25) is 4.79 Å². The highest BCUT2D eigenvalue weighted by molar-refractivity contribution is 7.98. The van der Waals surface area contributed by atoms with Gasteiger partial charge >= 0.3 is 0 Å². The number of nitrogens with zero attached hydrogens (tertiary/aromatic N) is 1. The molecule has 1 heterocycles. The normalized spacial score (nSPS) is 9.83. The monoisotopic (exact) mass is 185 g/mol. The molecule has 2 N–H and O–H groups in total. The van der Waals surface area contributed by atoms with Crippen LogP contribution in [0.3, 0.4) is 0 Å². The first-order chi connectivity index (χ1) is 5.76. The molecule has 1 rings (SSSR count). The van der Waals surface area contributed by atoms with Gasteiger partial charge in [0.2, 0.25) is 0 Å². The lowest BCUT2D eigenvalue weighted by atomic mass is 10.5. The average Bonchev–Trinajstić information content (AvgIpc) is 2.04. The zero-order valence-corrected chi connectivity index (χ0v) is 7.86. The van der Waals surface area contributed by atoms with Gasteiger partial charge in [0.15, 0.2) is 5.16 Å². The highest BCUT2D eigenvalue weighted by Gasteiger charge is 1.97. The summed E-state index contributed by atoms with van der Waals surface area (Å²) in [5.74, 6) is 0.630. The molecule has 5 heteroatoms. The van der Waals surface area contributed by atoms with E-state index < -0.39 is 0 Å². The van der Waals surface area contributed by atoms with Crippen molar-refractivity contribution >= 4 is 17.6 Å². The van der Waals surface area contributed by atoms with Gasteiger partial charge in [-0.25, -0.2) is 4.98 Å². The minimum atomic E-state index is -0.120. The van der Waals surface area contributed by atoms with E-state index in [9.17, 15) is 4.79 Å². The summed E-state index contributed by atoms with van der Waals surface area (Å²) in [4.78, 5) is 17.7. The molecule has 1 aromatic rings. The Labute approximate surface area is 74.8 Å². The Morgan fingerprint density at radius 1 is 1.75 bits per heavy atom. The van der Waals surface area contributed by atoms with Gasteiger partial charge in [0, 0.05) is 12.6 Å². The fourth-order valence-electron chi connectivity index (χ4n) is 0.804. The maximum absolute atomic E-state index is 11.0. The lowest BCUT2D eigenvalue weighted by Crippen LogP contribution is -2.10. The van der Waals surface area contributed by atoms with Crippen molar-refractivity contribution in [2.45, 2.75) is 12.1 Å². The smallest absolute Gasteiger partial charge is 0.253 e. The Hall–Kier alpha value is -0.970. The van der Waals surface area contributed by atoms with Gasteiger partial charge in [0.05, 0.1) is 0 Å². The minimum Gasteiger partial charge on any atom is -0.370 e. The van der Waals surface area contributed by atoms with Gasteiger partial charge in [0.1, 0.15) is 5.82 Å². The highest BCUT2D eigenvalue weighted by atomic mass is 32.2. The lowest BCUT2D eigenvalue weighted by Gasteiger charge is -2.01. The molecular formula is C7H11N3OS. The van der Waals surface area contributed by atoms with E-state index in [-0.39, 0.29) is 5.56 Å². The van der Waals surface area contributed by atoms with Gasteiger partial charge in [-0.1, -0.05) is 11.8 Å². The Morgan fingerprint density at radius 2 is 2.50 bits per heavy atom. The van der Waals surface area contributed by atoms with Gasteiger partial charge in [0.25, 0.3) is 5.56 Å². The summed E-state index contributed by atoms with van der Waals surface area (Å²) < 4.78 is 0. The van der Waals surface area contributed by atoms with Crippen LogP contribution in [-0.4, -0.2) is 22.8 Å². The second-order valence-electron chi connectivity index (χ2n) is 2.17. The summed E-state index contributed by atoms with van der Waals surface area (Å²) in [6, 6.07) is 1.45. The van der Waals surface area contributed by atoms with Crippen LogP contribution < -0.4 is 10.9 Å². The summed E-state index contributed by atoms with van der Waals surface area (Å²) >= 11 is 1.42. The second-order valence-corrected chi connectivity index (χ2v) is 2.97. The van der Waals surface area contributed by atoms with Crippen molar-refractivity contribution in [3.63, 3.8) is 0 Å². The molecule has 0 aliphatic heterocycles. The zero-order valence-electron chi connectivity index (χ0n) is 7.05. The van der Waals surface area contributed by atoms with Gasteiger partial charge in [-0.2, -0.15) is 0 Å². The quantitative estimate of drug-likeness (QED) is 0.543. The summed E-state index contributed by atoms with van der Waals surface area (Å²) in [5.41, 5.74) is -0.120. The first-order valence-corrected chi connectivity index (χ1v) is 4.88. The third-order valence-electron chi connectivity index (χ3n) is 1.27. The van der Waals surface area contributed by atoms with Crippen molar-refractivity contribution in [2.75, 3.05) is 18.1 Å². The molecule has 0 aliphatic carbocycles. The van der Waals surface area contributed by atoms with Crippen molar-refractivity contribution in [3.05, 3.63) is 16.4 Å². The van der Waals surface area contributed by atoms with Crippen LogP contribution in [0.4, 0.5) is 5.82 Å². The van der Waals surface area contributed by atoms with E-state index in [0.717, 1.165) is 6.54 Å². The molecule has 0 fully saturated rings. The Kier molecular flexibility index (Phi) is 3.16. The second kappa shape index (κ2) is 4.15. The number of hydrogen-bond acceptors (Lipinski definition) is 4.